The van der Waals surface area contributed by atoms with Gasteiger partial charge in [-0.3, -0.25) is 14.6 Å². The van der Waals surface area contributed by atoms with Gasteiger partial charge in [0.25, 0.3) is 5.91 Å². The van der Waals surface area contributed by atoms with Crippen molar-refractivity contribution >= 4 is 11.8 Å². The van der Waals surface area contributed by atoms with Gasteiger partial charge in [0.15, 0.2) is 0 Å². The monoisotopic (exact) mass is 294 g/mol. The topological polar surface area (TPSA) is 95.4 Å². The van der Waals surface area contributed by atoms with Gasteiger partial charge in [0.2, 0.25) is 5.91 Å². The first-order chi connectivity index (χ1) is 10.1. The maximum atomic E-state index is 12.3. The van der Waals surface area contributed by atoms with Crippen LogP contribution in [0.25, 0.3) is 0 Å². The minimum Gasteiger partial charge on any atom is -0.394 e. The van der Waals surface area contributed by atoms with E-state index in [0.717, 1.165) is 12.8 Å². The highest BCUT2D eigenvalue weighted by atomic mass is 16.3. The van der Waals surface area contributed by atoms with Crippen molar-refractivity contribution in [3.63, 3.8) is 0 Å². The normalized spacial score (nSPS) is 11.8. The molecule has 7 nitrogen and oxygen atoms in total. The van der Waals surface area contributed by atoms with E-state index in [-0.39, 0.29) is 11.6 Å². The fraction of sp³-hybridized carbons (Fsp3) is 0.571. The lowest BCUT2D eigenvalue weighted by Gasteiger charge is -2.26. The van der Waals surface area contributed by atoms with E-state index in [1.807, 2.05) is 13.8 Å². The van der Waals surface area contributed by atoms with Crippen LogP contribution < -0.4 is 5.32 Å². The summed E-state index contributed by atoms with van der Waals surface area (Å²) in [7, 11) is 0. The highest BCUT2D eigenvalue weighted by molar-refractivity contribution is 5.95. The standard InChI is InChI=1S/C14H22N4O3/c1-3-7-18(8-4-2)14(21)12(10-19)17-13(20)11-9-15-5-6-16-11/h5-6,9,12,19H,3-4,7-8,10H2,1-2H3,(H,17,20). The molecule has 1 aromatic heterocycles. The molecule has 1 rings (SSSR count). The molecule has 0 aliphatic carbocycles. The lowest BCUT2D eigenvalue weighted by atomic mass is 10.2. The Hall–Kier alpha value is -2.02. The molecule has 7 heteroatoms. The Morgan fingerprint density at radius 1 is 1.29 bits per heavy atom. The van der Waals surface area contributed by atoms with Crippen LogP contribution in [-0.2, 0) is 4.79 Å². The smallest absolute Gasteiger partial charge is 0.272 e. The van der Waals surface area contributed by atoms with Gasteiger partial charge in [-0.2, -0.15) is 0 Å². The molecule has 0 bridgehead atoms. The van der Waals surface area contributed by atoms with Crippen LogP contribution >= 0.6 is 0 Å². The summed E-state index contributed by atoms with van der Waals surface area (Å²) in [6, 6.07) is -0.961. The second-order valence-corrected chi connectivity index (χ2v) is 4.62. The molecule has 116 valence electrons. The number of rotatable bonds is 8. The van der Waals surface area contributed by atoms with Gasteiger partial charge in [0.1, 0.15) is 11.7 Å². The molecule has 2 amide bonds. The number of hydrogen-bond acceptors (Lipinski definition) is 5. The largest absolute Gasteiger partial charge is 0.394 e. The number of aliphatic hydroxyl groups excluding tert-OH is 1. The number of hydrogen-bond donors (Lipinski definition) is 2. The van der Waals surface area contributed by atoms with Crippen LogP contribution in [0.1, 0.15) is 37.2 Å². The maximum Gasteiger partial charge on any atom is 0.272 e. The lowest BCUT2D eigenvalue weighted by molar-refractivity contribution is -0.134. The van der Waals surface area contributed by atoms with E-state index in [2.05, 4.69) is 15.3 Å². The first-order valence-electron chi connectivity index (χ1n) is 7.10. The number of aliphatic hydroxyl groups is 1. The first-order valence-corrected chi connectivity index (χ1v) is 7.10. The van der Waals surface area contributed by atoms with Crippen LogP contribution in [0.5, 0.6) is 0 Å². The molecule has 0 saturated heterocycles. The van der Waals surface area contributed by atoms with Crippen molar-refractivity contribution in [2.24, 2.45) is 0 Å². The summed E-state index contributed by atoms with van der Waals surface area (Å²) in [4.78, 5) is 33.6. The van der Waals surface area contributed by atoms with Crippen LogP contribution in [0.15, 0.2) is 18.6 Å². The zero-order valence-electron chi connectivity index (χ0n) is 12.5. The van der Waals surface area contributed by atoms with Gasteiger partial charge >= 0.3 is 0 Å². The van der Waals surface area contributed by atoms with Crippen molar-refractivity contribution in [2.75, 3.05) is 19.7 Å². The van der Waals surface area contributed by atoms with E-state index in [4.69, 9.17) is 0 Å². The lowest BCUT2D eigenvalue weighted by Crippen LogP contribution is -2.51. The van der Waals surface area contributed by atoms with Gasteiger partial charge in [-0.05, 0) is 12.8 Å². The summed E-state index contributed by atoms with van der Waals surface area (Å²) in [5.41, 5.74) is 0.112. The van der Waals surface area contributed by atoms with Crippen LogP contribution in [0.4, 0.5) is 0 Å². The van der Waals surface area contributed by atoms with Gasteiger partial charge in [0, 0.05) is 25.5 Å². The molecule has 0 aliphatic rings. The second kappa shape index (κ2) is 9.02. The fourth-order valence-corrected chi connectivity index (χ4v) is 1.93. The van der Waals surface area contributed by atoms with Crippen molar-refractivity contribution in [3.8, 4) is 0 Å². The van der Waals surface area contributed by atoms with Crippen LogP contribution in [-0.4, -0.2) is 57.5 Å². The van der Waals surface area contributed by atoms with Gasteiger partial charge in [-0.25, -0.2) is 4.98 Å². The molecule has 0 radical (unpaired) electrons. The number of carbonyl (C=O) groups excluding carboxylic acids is 2. The van der Waals surface area contributed by atoms with Crippen molar-refractivity contribution < 1.29 is 14.7 Å². The number of aromatic nitrogens is 2. The average molecular weight is 294 g/mol. The molecule has 1 aromatic rings. The third kappa shape index (κ3) is 5.11. The molecular weight excluding hydrogens is 272 g/mol. The average Bonchev–Trinajstić information content (AvgIpc) is 2.52. The number of nitrogens with one attached hydrogen (secondary N) is 1. The van der Waals surface area contributed by atoms with Crippen LogP contribution in [0.2, 0.25) is 0 Å². The van der Waals surface area contributed by atoms with Crippen LogP contribution in [0, 0.1) is 0 Å². The number of amides is 2. The predicted molar refractivity (Wildman–Crippen MR) is 77.5 cm³/mol. The minimum absolute atomic E-state index is 0.112. The van der Waals surface area contributed by atoms with Crippen molar-refractivity contribution in [1.82, 2.24) is 20.2 Å². The highest BCUT2D eigenvalue weighted by Crippen LogP contribution is 2.01. The molecule has 1 unspecified atom stereocenters. The third-order valence-electron chi connectivity index (χ3n) is 2.88. The van der Waals surface area contributed by atoms with E-state index in [0.29, 0.717) is 13.1 Å². The summed E-state index contributed by atoms with van der Waals surface area (Å²) in [6.07, 6.45) is 5.80. The van der Waals surface area contributed by atoms with Crippen molar-refractivity contribution in [3.05, 3.63) is 24.3 Å². The van der Waals surface area contributed by atoms with E-state index >= 15 is 0 Å². The summed E-state index contributed by atoms with van der Waals surface area (Å²) in [6.45, 7) is 4.70. The quantitative estimate of drug-likeness (QED) is 0.715. The second-order valence-electron chi connectivity index (χ2n) is 4.62. The molecule has 0 spiro atoms. The van der Waals surface area contributed by atoms with Gasteiger partial charge in [0.05, 0.1) is 12.8 Å². The minimum atomic E-state index is -0.961. The number of carbonyl (C=O) groups is 2. The summed E-state index contributed by atoms with van der Waals surface area (Å²) in [5, 5.41) is 11.9. The Kier molecular flexibility index (Phi) is 7.31. The molecule has 1 heterocycles. The van der Waals surface area contributed by atoms with Crippen LogP contribution in [0.3, 0.4) is 0 Å². The number of nitrogens with zero attached hydrogens (tertiary/aromatic N) is 3. The Bertz CT molecular complexity index is 447. The SMILES string of the molecule is CCCN(CCC)C(=O)C(CO)NC(=O)c1cnccn1. The third-order valence-corrected chi connectivity index (χ3v) is 2.88. The van der Waals surface area contributed by atoms with Gasteiger partial charge < -0.3 is 15.3 Å². The Balaban J connectivity index is 2.72. The van der Waals surface area contributed by atoms with Crippen molar-refractivity contribution in [1.29, 1.82) is 0 Å². The summed E-state index contributed by atoms with van der Waals surface area (Å²) in [5.74, 6) is -0.804. The summed E-state index contributed by atoms with van der Waals surface area (Å²) < 4.78 is 0. The molecule has 1 atom stereocenters. The maximum absolute atomic E-state index is 12.3. The Morgan fingerprint density at radius 3 is 2.43 bits per heavy atom. The van der Waals surface area contributed by atoms with Crippen molar-refractivity contribution in [2.45, 2.75) is 32.7 Å². The Morgan fingerprint density at radius 2 is 1.95 bits per heavy atom. The first kappa shape index (κ1) is 17.0. The zero-order chi connectivity index (χ0) is 15.7. The van der Waals surface area contributed by atoms with E-state index in [1.54, 1.807) is 4.90 Å². The van der Waals surface area contributed by atoms with E-state index in [9.17, 15) is 14.7 Å². The molecular formula is C14H22N4O3. The Labute approximate surface area is 124 Å². The van der Waals surface area contributed by atoms with E-state index < -0.39 is 18.6 Å². The fourth-order valence-electron chi connectivity index (χ4n) is 1.93. The van der Waals surface area contributed by atoms with Gasteiger partial charge in [-0.1, -0.05) is 13.8 Å². The molecule has 0 saturated carbocycles. The zero-order valence-corrected chi connectivity index (χ0v) is 12.5. The molecule has 21 heavy (non-hydrogen) atoms. The molecule has 0 aromatic carbocycles. The molecule has 0 aliphatic heterocycles. The summed E-state index contributed by atoms with van der Waals surface area (Å²) >= 11 is 0. The predicted octanol–water partition coefficient (Wildman–Crippen LogP) is 0.216. The molecule has 0 fully saturated rings. The highest BCUT2D eigenvalue weighted by Gasteiger charge is 2.25. The molecule has 2 N–H and O–H groups in total. The van der Waals surface area contributed by atoms with E-state index in [1.165, 1.54) is 18.6 Å². The van der Waals surface area contributed by atoms with Gasteiger partial charge in [-0.15, -0.1) is 0 Å².